The Morgan fingerprint density at radius 3 is 2.78 bits per heavy atom. The summed E-state index contributed by atoms with van der Waals surface area (Å²) in [5, 5.41) is 10.6. The summed E-state index contributed by atoms with van der Waals surface area (Å²) in [6.45, 7) is 2.37. The average Bonchev–Trinajstić information content (AvgIpc) is 2.79. The molecule has 1 amide bonds. The number of nitrogens with one attached hydrogen (secondary N) is 1. The molecule has 6 heteroatoms. The number of rotatable bonds is 8. The van der Waals surface area contributed by atoms with Crippen LogP contribution in [0.3, 0.4) is 0 Å². The zero-order valence-corrected chi connectivity index (χ0v) is 11.0. The van der Waals surface area contributed by atoms with Crippen LogP contribution < -0.4 is 5.32 Å². The van der Waals surface area contributed by atoms with Crippen molar-refractivity contribution in [2.75, 3.05) is 7.05 Å². The molecule has 1 aromatic heterocycles. The maximum absolute atomic E-state index is 11.1. The van der Waals surface area contributed by atoms with Crippen molar-refractivity contribution in [1.29, 1.82) is 0 Å². The fourth-order valence-corrected chi connectivity index (χ4v) is 1.58. The van der Waals surface area contributed by atoms with Gasteiger partial charge >= 0.3 is 0 Å². The third-order valence-corrected chi connectivity index (χ3v) is 2.64. The van der Waals surface area contributed by atoms with Crippen molar-refractivity contribution in [3.05, 3.63) is 11.9 Å². The van der Waals surface area contributed by atoms with Crippen molar-refractivity contribution < 1.29 is 9.59 Å². The van der Waals surface area contributed by atoms with Crippen LogP contribution in [-0.2, 0) is 22.6 Å². The fourth-order valence-electron chi connectivity index (χ4n) is 1.58. The summed E-state index contributed by atoms with van der Waals surface area (Å²) in [7, 11) is 1.62. The second-order valence-electron chi connectivity index (χ2n) is 4.31. The molecule has 0 fully saturated rings. The van der Waals surface area contributed by atoms with E-state index in [0.29, 0.717) is 19.3 Å². The zero-order chi connectivity index (χ0) is 13.4. The number of hydrogen-bond acceptors (Lipinski definition) is 4. The van der Waals surface area contributed by atoms with Crippen molar-refractivity contribution >= 4 is 11.7 Å². The minimum Gasteiger partial charge on any atom is -0.359 e. The topological polar surface area (TPSA) is 76.9 Å². The van der Waals surface area contributed by atoms with Gasteiger partial charge in [0.25, 0.3) is 0 Å². The normalized spacial score (nSPS) is 10.3. The number of hydrogen-bond donors (Lipinski definition) is 1. The van der Waals surface area contributed by atoms with Crippen LogP contribution >= 0.6 is 0 Å². The monoisotopic (exact) mass is 252 g/mol. The molecule has 0 aliphatic rings. The van der Waals surface area contributed by atoms with E-state index in [1.807, 2.05) is 6.20 Å². The highest BCUT2D eigenvalue weighted by molar-refractivity contribution is 5.75. The van der Waals surface area contributed by atoms with Gasteiger partial charge in [0.2, 0.25) is 5.91 Å². The summed E-state index contributed by atoms with van der Waals surface area (Å²) in [6, 6.07) is 0. The van der Waals surface area contributed by atoms with Gasteiger partial charge in [0.1, 0.15) is 5.78 Å². The summed E-state index contributed by atoms with van der Waals surface area (Å²) in [4.78, 5) is 21.8. The van der Waals surface area contributed by atoms with E-state index < -0.39 is 0 Å². The molecule has 0 saturated carbocycles. The van der Waals surface area contributed by atoms with Crippen LogP contribution in [0.1, 0.15) is 38.3 Å². The molecule has 0 aliphatic carbocycles. The van der Waals surface area contributed by atoms with E-state index in [1.54, 1.807) is 18.7 Å². The lowest BCUT2D eigenvalue weighted by molar-refractivity contribution is -0.120. The molecule has 18 heavy (non-hydrogen) atoms. The lowest BCUT2D eigenvalue weighted by atomic mass is 10.2. The molecule has 0 aromatic carbocycles. The Labute approximate surface area is 107 Å². The third-order valence-electron chi connectivity index (χ3n) is 2.64. The number of amides is 1. The molecule has 0 unspecified atom stereocenters. The predicted octanol–water partition coefficient (Wildman–Crippen LogP) is 0.716. The van der Waals surface area contributed by atoms with Crippen LogP contribution in [0.2, 0.25) is 0 Å². The molecule has 6 nitrogen and oxygen atoms in total. The average molecular weight is 252 g/mol. The second kappa shape index (κ2) is 7.58. The first kappa shape index (κ1) is 14.3. The van der Waals surface area contributed by atoms with Gasteiger partial charge in [-0.15, -0.1) is 5.10 Å². The van der Waals surface area contributed by atoms with Crippen molar-refractivity contribution in [3.63, 3.8) is 0 Å². The molecule has 0 bridgehead atoms. The van der Waals surface area contributed by atoms with Crippen LogP contribution in [-0.4, -0.2) is 33.7 Å². The first-order valence-corrected chi connectivity index (χ1v) is 6.21. The Balaban J connectivity index is 2.25. The lowest BCUT2D eigenvalue weighted by Crippen LogP contribution is -2.17. The maximum atomic E-state index is 11.1. The highest BCUT2D eigenvalue weighted by atomic mass is 16.1. The molecule has 1 aromatic rings. The number of aryl methyl sites for hydroxylation is 2. The number of carbonyl (C=O) groups is 2. The summed E-state index contributed by atoms with van der Waals surface area (Å²) < 4.78 is 1.76. The lowest BCUT2D eigenvalue weighted by Gasteiger charge is -1.98. The predicted molar refractivity (Wildman–Crippen MR) is 66.9 cm³/mol. The number of carbonyl (C=O) groups excluding carboxylic acids is 2. The maximum Gasteiger partial charge on any atom is 0.220 e. The highest BCUT2D eigenvalue weighted by Gasteiger charge is 2.04. The number of aromatic nitrogens is 3. The molecule has 100 valence electrons. The van der Waals surface area contributed by atoms with Gasteiger partial charge in [-0.05, 0) is 19.8 Å². The number of Topliss-reactive ketones (excluding diaryl/α,β-unsaturated/α-hetero) is 1. The van der Waals surface area contributed by atoms with Gasteiger partial charge in [0.15, 0.2) is 0 Å². The number of unbranched alkanes of at least 4 members (excludes halogenated alkanes) is 1. The zero-order valence-electron chi connectivity index (χ0n) is 11.0. The largest absolute Gasteiger partial charge is 0.359 e. The van der Waals surface area contributed by atoms with E-state index in [2.05, 4.69) is 15.6 Å². The third kappa shape index (κ3) is 5.56. The van der Waals surface area contributed by atoms with Crippen LogP contribution in [0, 0.1) is 0 Å². The Bertz CT molecular complexity index is 401. The fraction of sp³-hybridized carbons (Fsp3) is 0.667. The van der Waals surface area contributed by atoms with Crippen molar-refractivity contribution in [3.8, 4) is 0 Å². The van der Waals surface area contributed by atoms with Crippen molar-refractivity contribution in [2.24, 2.45) is 0 Å². The van der Waals surface area contributed by atoms with E-state index in [0.717, 1.165) is 25.1 Å². The van der Waals surface area contributed by atoms with Gasteiger partial charge in [-0.25, -0.2) is 0 Å². The van der Waals surface area contributed by atoms with Gasteiger partial charge in [-0.3, -0.25) is 9.48 Å². The minimum atomic E-state index is 0.00556. The van der Waals surface area contributed by atoms with E-state index >= 15 is 0 Å². The molecular formula is C12H20N4O2. The van der Waals surface area contributed by atoms with Gasteiger partial charge in [-0.2, -0.15) is 0 Å². The Hall–Kier alpha value is -1.72. The van der Waals surface area contributed by atoms with Crippen molar-refractivity contribution in [2.45, 2.75) is 45.6 Å². The first-order valence-electron chi connectivity index (χ1n) is 6.21. The molecule has 1 rings (SSSR count). The molecule has 0 saturated heterocycles. The molecule has 1 N–H and O–H groups in total. The molecule has 1 heterocycles. The smallest absolute Gasteiger partial charge is 0.220 e. The first-order chi connectivity index (χ1) is 8.61. The van der Waals surface area contributed by atoms with Crippen LogP contribution in [0.4, 0.5) is 0 Å². The Morgan fingerprint density at radius 1 is 1.33 bits per heavy atom. The van der Waals surface area contributed by atoms with E-state index in [4.69, 9.17) is 0 Å². The van der Waals surface area contributed by atoms with Gasteiger partial charge in [-0.1, -0.05) is 5.21 Å². The van der Waals surface area contributed by atoms with Crippen LogP contribution in [0.25, 0.3) is 0 Å². The SMILES string of the molecule is CNC(=O)CCc1cn(CCCCC(C)=O)nn1. The van der Waals surface area contributed by atoms with Crippen LogP contribution in [0.5, 0.6) is 0 Å². The van der Waals surface area contributed by atoms with Crippen LogP contribution in [0.15, 0.2) is 6.20 Å². The van der Waals surface area contributed by atoms with E-state index in [-0.39, 0.29) is 11.7 Å². The summed E-state index contributed by atoms with van der Waals surface area (Å²) in [6.07, 6.45) is 5.31. The molecule has 0 spiro atoms. The minimum absolute atomic E-state index is 0.00556. The Morgan fingerprint density at radius 2 is 2.11 bits per heavy atom. The quantitative estimate of drug-likeness (QED) is 0.691. The van der Waals surface area contributed by atoms with E-state index in [9.17, 15) is 9.59 Å². The molecule has 0 atom stereocenters. The summed E-state index contributed by atoms with van der Waals surface area (Å²) >= 11 is 0. The second-order valence-corrected chi connectivity index (χ2v) is 4.31. The Kier molecular flexibility index (Phi) is 6.04. The molecule has 0 radical (unpaired) electrons. The molecular weight excluding hydrogens is 232 g/mol. The number of ketones is 1. The highest BCUT2D eigenvalue weighted by Crippen LogP contribution is 2.02. The van der Waals surface area contributed by atoms with Gasteiger partial charge in [0, 0.05) is 39.1 Å². The van der Waals surface area contributed by atoms with Crippen molar-refractivity contribution in [1.82, 2.24) is 20.3 Å². The number of nitrogens with zero attached hydrogens (tertiary/aromatic N) is 3. The molecule has 0 aliphatic heterocycles. The van der Waals surface area contributed by atoms with E-state index in [1.165, 1.54) is 0 Å². The standard InChI is InChI=1S/C12H20N4O2/c1-10(17)5-3-4-8-16-9-11(14-15-16)6-7-12(18)13-2/h9H,3-8H2,1-2H3,(H,13,18). The van der Waals surface area contributed by atoms with Gasteiger partial charge < -0.3 is 10.1 Å². The summed E-state index contributed by atoms with van der Waals surface area (Å²) in [5.41, 5.74) is 0.824. The van der Waals surface area contributed by atoms with Gasteiger partial charge in [0.05, 0.1) is 5.69 Å². The summed E-state index contributed by atoms with van der Waals surface area (Å²) in [5.74, 6) is 0.228.